The molecule has 0 bridgehead atoms. The van der Waals surface area contributed by atoms with Crippen LogP contribution in [0, 0.1) is 13.8 Å². The van der Waals surface area contributed by atoms with Crippen molar-refractivity contribution in [3.8, 4) is 11.3 Å². The average molecular weight is 231 g/mol. The Morgan fingerprint density at radius 2 is 2.00 bits per heavy atom. The molecule has 4 heteroatoms. The maximum atomic E-state index is 11.6. The molecule has 4 nitrogen and oxygen atoms in total. The lowest BCUT2D eigenvalue weighted by molar-refractivity contribution is 0.960. The van der Waals surface area contributed by atoms with Crippen molar-refractivity contribution in [2.45, 2.75) is 20.3 Å². The maximum Gasteiger partial charge on any atom is 0.267 e. The number of aromatic nitrogens is 2. The number of nitrogens with one attached hydrogen (secondary N) is 2. The van der Waals surface area contributed by atoms with E-state index in [9.17, 15) is 4.79 Å². The van der Waals surface area contributed by atoms with Crippen LogP contribution in [0.4, 0.5) is 0 Å². The van der Waals surface area contributed by atoms with Crippen LogP contribution in [-0.4, -0.2) is 16.7 Å². The molecule has 0 atom stereocenters. The average Bonchev–Trinajstić information content (AvgIpc) is 2.62. The van der Waals surface area contributed by atoms with Gasteiger partial charge in [0.1, 0.15) is 0 Å². The first kappa shape index (κ1) is 11.7. The Hall–Kier alpha value is -1.81. The first-order chi connectivity index (χ1) is 8.13. The highest BCUT2D eigenvalue weighted by Crippen LogP contribution is 2.23. The van der Waals surface area contributed by atoms with Crippen LogP contribution in [0.5, 0.6) is 0 Å². The van der Waals surface area contributed by atoms with Gasteiger partial charge in [-0.15, -0.1) is 0 Å². The van der Waals surface area contributed by atoms with Crippen LogP contribution in [-0.2, 0) is 6.42 Å². The van der Waals surface area contributed by atoms with Crippen molar-refractivity contribution in [2.75, 3.05) is 6.54 Å². The van der Waals surface area contributed by atoms with E-state index in [0.29, 0.717) is 13.0 Å². The maximum absolute atomic E-state index is 11.6. The molecule has 0 aliphatic rings. The van der Waals surface area contributed by atoms with Crippen LogP contribution in [0.2, 0.25) is 0 Å². The van der Waals surface area contributed by atoms with Crippen molar-refractivity contribution in [1.29, 1.82) is 0 Å². The van der Waals surface area contributed by atoms with E-state index in [1.54, 1.807) is 0 Å². The molecule has 0 fully saturated rings. The Kier molecular flexibility index (Phi) is 3.15. The van der Waals surface area contributed by atoms with Crippen molar-refractivity contribution in [3.05, 3.63) is 45.2 Å². The SMILES string of the molecule is Cc1ccc(-c2[nH][nH]c(=O)c2CCN)c(C)c1. The Morgan fingerprint density at radius 1 is 1.24 bits per heavy atom. The van der Waals surface area contributed by atoms with E-state index in [2.05, 4.69) is 23.2 Å². The van der Waals surface area contributed by atoms with Gasteiger partial charge in [-0.3, -0.25) is 15.0 Å². The van der Waals surface area contributed by atoms with E-state index in [4.69, 9.17) is 5.73 Å². The zero-order valence-corrected chi connectivity index (χ0v) is 10.1. The summed E-state index contributed by atoms with van der Waals surface area (Å²) in [5, 5.41) is 5.57. The smallest absolute Gasteiger partial charge is 0.267 e. The van der Waals surface area contributed by atoms with Gasteiger partial charge in [0.05, 0.1) is 5.69 Å². The monoisotopic (exact) mass is 231 g/mol. The molecule has 1 aromatic carbocycles. The number of rotatable bonds is 3. The predicted octanol–water partition coefficient (Wildman–Crippen LogP) is 1.49. The summed E-state index contributed by atoms with van der Waals surface area (Å²) in [5.41, 5.74) is 10.5. The summed E-state index contributed by atoms with van der Waals surface area (Å²) < 4.78 is 0. The van der Waals surface area contributed by atoms with Crippen LogP contribution >= 0.6 is 0 Å². The Morgan fingerprint density at radius 3 is 2.65 bits per heavy atom. The molecule has 0 amide bonds. The second-order valence-electron chi connectivity index (χ2n) is 4.29. The van der Waals surface area contributed by atoms with Crippen LogP contribution in [0.15, 0.2) is 23.0 Å². The molecule has 90 valence electrons. The third kappa shape index (κ3) is 2.17. The summed E-state index contributed by atoms with van der Waals surface area (Å²) in [7, 11) is 0. The van der Waals surface area contributed by atoms with Crippen molar-refractivity contribution in [2.24, 2.45) is 5.73 Å². The minimum absolute atomic E-state index is 0.0783. The molecule has 0 saturated carbocycles. The number of aryl methyl sites for hydroxylation is 2. The second-order valence-corrected chi connectivity index (χ2v) is 4.29. The molecular weight excluding hydrogens is 214 g/mol. The molecule has 0 saturated heterocycles. The van der Waals surface area contributed by atoms with Gasteiger partial charge in [-0.2, -0.15) is 0 Å². The summed E-state index contributed by atoms with van der Waals surface area (Å²) in [4.78, 5) is 11.6. The topological polar surface area (TPSA) is 74.7 Å². The van der Waals surface area contributed by atoms with Gasteiger partial charge in [0, 0.05) is 11.1 Å². The van der Waals surface area contributed by atoms with Gasteiger partial charge in [-0.25, -0.2) is 0 Å². The molecule has 0 unspecified atom stereocenters. The largest absolute Gasteiger partial charge is 0.330 e. The molecule has 4 N–H and O–H groups in total. The quantitative estimate of drug-likeness (QED) is 0.748. The summed E-state index contributed by atoms with van der Waals surface area (Å²) >= 11 is 0. The molecule has 2 aromatic rings. The lowest BCUT2D eigenvalue weighted by atomic mass is 9.99. The highest BCUT2D eigenvalue weighted by Gasteiger charge is 2.12. The number of aromatic amines is 2. The summed E-state index contributed by atoms with van der Waals surface area (Å²) in [6.07, 6.45) is 0.585. The molecule has 17 heavy (non-hydrogen) atoms. The zero-order chi connectivity index (χ0) is 12.4. The fourth-order valence-corrected chi connectivity index (χ4v) is 2.09. The number of nitrogens with two attached hydrogens (primary N) is 1. The fourth-order valence-electron chi connectivity index (χ4n) is 2.09. The third-order valence-corrected chi connectivity index (χ3v) is 2.92. The summed E-state index contributed by atoms with van der Waals surface area (Å²) in [5.74, 6) is 0. The van der Waals surface area contributed by atoms with Gasteiger partial charge in [0.25, 0.3) is 5.56 Å². The van der Waals surface area contributed by atoms with Gasteiger partial charge in [-0.05, 0) is 32.4 Å². The zero-order valence-electron chi connectivity index (χ0n) is 10.1. The van der Waals surface area contributed by atoms with Gasteiger partial charge in [-0.1, -0.05) is 23.8 Å². The Balaban J connectivity index is 2.56. The molecule has 2 rings (SSSR count). The first-order valence-corrected chi connectivity index (χ1v) is 5.70. The lowest BCUT2D eigenvalue weighted by Gasteiger charge is -2.06. The molecule has 1 heterocycles. The Labute approximate surface area is 99.8 Å². The van der Waals surface area contributed by atoms with E-state index in [-0.39, 0.29) is 5.56 Å². The minimum Gasteiger partial charge on any atom is -0.330 e. The molecule has 0 spiro atoms. The molecular formula is C13H17N3O. The van der Waals surface area contributed by atoms with Crippen molar-refractivity contribution < 1.29 is 0 Å². The van der Waals surface area contributed by atoms with E-state index >= 15 is 0 Å². The Bertz CT molecular complexity index is 581. The van der Waals surface area contributed by atoms with E-state index in [1.165, 1.54) is 5.56 Å². The van der Waals surface area contributed by atoms with Gasteiger partial charge in [0.15, 0.2) is 0 Å². The second kappa shape index (κ2) is 4.59. The highest BCUT2D eigenvalue weighted by atomic mass is 16.1. The molecule has 1 aromatic heterocycles. The minimum atomic E-state index is -0.0783. The third-order valence-electron chi connectivity index (χ3n) is 2.92. The van der Waals surface area contributed by atoms with Crippen LogP contribution in [0.1, 0.15) is 16.7 Å². The number of hydrogen-bond acceptors (Lipinski definition) is 2. The molecule has 0 aliphatic carbocycles. The van der Waals surface area contributed by atoms with Crippen LogP contribution < -0.4 is 11.3 Å². The van der Waals surface area contributed by atoms with E-state index in [1.807, 2.05) is 19.1 Å². The highest BCUT2D eigenvalue weighted by molar-refractivity contribution is 5.66. The van der Waals surface area contributed by atoms with Crippen molar-refractivity contribution in [3.63, 3.8) is 0 Å². The number of H-pyrrole nitrogens is 2. The number of benzene rings is 1. The fraction of sp³-hybridized carbons (Fsp3) is 0.308. The molecule has 0 aliphatic heterocycles. The van der Waals surface area contributed by atoms with Crippen LogP contribution in [0.3, 0.4) is 0 Å². The summed E-state index contributed by atoms with van der Waals surface area (Å²) in [6.45, 7) is 4.57. The molecule has 0 radical (unpaired) electrons. The van der Waals surface area contributed by atoms with Crippen molar-refractivity contribution in [1.82, 2.24) is 10.2 Å². The standard InChI is InChI=1S/C13H17N3O/c1-8-3-4-10(9(2)7-8)12-11(5-6-14)13(17)16-15-12/h3-4,7H,5-6,14H2,1-2H3,(H2,15,16,17). The van der Waals surface area contributed by atoms with Gasteiger partial charge < -0.3 is 5.73 Å². The van der Waals surface area contributed by atoms with Crippen molar-refractivity contribution >= 4 is 0 Å². The first-order valence-electron chi connectivity index (χ1n) is 5.70. The normalized spacial score (nSPS) is 10.8. The van der Waals surface area contributed by atoms with E-state index < -0.39 is 0 Å². The van der Waals surface area contributed by atoms with Gasteiger partial charge in [0.2, 0.25) is 0 Å². The van der Waals surface area contributed by atoms with E-state index in [0.717, 1.165) is 22.4 Å². The van der Waals surface area contributed by atoms with Crippen LogP contribution in [0.25, 0.3) is 11.3 Å². The predicted molar refractivity (Wildman–Crippen MR) is 69.1 cm³/mol. The summed E-state index contributed by atoms with van der Waals surface area (Å²) in [6, 6.07) is 6.18. The lowest BCUT2D eigenvalue weighted by Crippen LogP contribution is -2.12. The number of hydrogen-bond donors (Lipinski definition) is 3. The van der Waals surface area contributed by atoms with Gasteiger partial charge >= 0.3 is 0 Å².